The highest BCUT2D eigenvalue weighted by Crippen LogP contribution is 2.31. The molecule has 0 saturated carbocycles. The first kappa shape index (κ1) is 19.7. The van der Waals surface area contributed by atoms with Crippen LogP contribution in [0, 0.1) is 0 Å². The highest BCUT2D eigenvalue weighted by atomic mass is 32.1. The molecule has 1 N–H and O–H groups in total. The van der Waals surface area contributed by atoms with E-state index in [9.17, 15) is 31.1 Å². The molecule has 6 nitrogen and oxygen atoms in total. The number of carbonyl (C=O) groups excluding carboxylic acids is 1. The SMILES string of the molecule is O=C(Nc1ccc(C(F)(F)F)nc1)c1cc(C(F)(F)F)nc(-c2cncs2)n1. The van der Waals surface area contributed by atoms with Crippen LogP contribution in [-0.2, 0) is 12.4 Å². The van der Waals surface area contributed by atoms with Crippen molar-refractivity contribution in [1.82, 2.24) is 19.9 Å². The molecule has 0 radical (unpaired) electrons. The molecule has 0 fully saturated rings. The highest BCUT2D eigenvalue weighted by Gasteiger charge is 2.35. The molecule has 28 heavy (non-hydrogen) atoms. The fraction of sp³-hybridized carbons (Fsp3) is 0.133. The van der Waals surface area contributed by atoms with Crippen LogP contribution in [0.25, 0.3) is 10.7 Å². The number of pyridine rings is 1. The zero-order valence-electron chi connectivity index (χ0n) is 13.3. The number of amides is 1. The van der Waals surface area contributed by atoms with E-state index in [0.29, 0.717) is 12.1 Å². The number of thiazole rings is 1. The Morgan fingerprint density at radius 2 is 1.68 bits per heavy atom. The second-order valence-corrected chi connectivity index (χ2v) is 6.10. The minimum Gasteiger partial charge on any atom is -0.319 e. The number of nitrogens with zero attached hydrogens (tertiary/aromatic N) is 4. The van der Waals surface area contributed by atoms with Gasteiger partial charge in [0, 0.05) is 12.3 Å². The molecule has 3 rings (SSSR count). The summed E-state index contributed by atoms with van der Waals surface area (Å²) >= 11 is 0.972. The van der Waals surface area contributed by atoms with Crippen LogP contribution in [-0.4, -0.2) is 25.8 Å². The van der Waals surface area contributed by atoms with Crippen LogP contribution < -0.4 is 5.32 Å². The van der Waals surface area contributed by atoms with Crippen molar-refractivity contribution in [3.05, 3.63) is 53.2 Å². The number of alkyl halides is 6. The maximum atomic E-state index is 13.1. The topological polar surface area (TPSA) is 80.7 Å². The van der Waals surface area contributed by atoms with Gasteiger partial charge in [0.2, 0.25) is 0 Å². The minimum absolute atomic E-state index is 0.149. The lowest BCUT2D eigenvalue weighted by Gasteiger charge is -2.10. The zero-order chi connectivity index (χ0) is 20.5. The van der Waals surface area contributed by atoms with Crippen molar-refractivity contribution >= 4 is 22.9 Å². The predicted octanol–water partition coefficient (Wildman–Crippen LogP) is 4.29. The molecule has 1 amide bonds. The molecule has 0 aliphatic rings. The molecule has 13 heteroatoms. The minimum atomic E-state index is -4.84. The average molecular weight is 419 g/mol. The first-order chi connectivity index (χ1) is 13.0. The number of hydrogen-bond donors (Lipinski definition) is 1. The lowest BCUT2D eigenvalue weighted by Crippen LogP contribution is -2.18. The Balaban J connectivity index is 1.91. The summed E-state index contributed by atoms with van der Waals surface area (Å²) < 4.78 is 76.8. The Morgan fingerprint density at radius 1 is 0.964 bits per heavy atom. The third-order valence-corrected chi connectivity index (χ3v) is 3.98. The van der Waals surface area contributed by atoms with Gasteiger partial charge in [0.15, 0.2) is 5.82 Å². The van der Waals surface area contributed by atoms with Gasteiger partial charge in [-0.15, -0.1) is 11.3 Å². The van der Waals surface area contributed by atoms with Gasteiger partial charge in [-0.3, -0.25) is 9.78 Å². The van der Waals surface area contributed by atoms with Crippen molar-refractivity contribution in [2.24, 2.45) is 0 Å². The Bertz CT molecular complexity index is 986. The van der Waals surface area contributed by atoms with Crippen molar-refractivity contribution < 1.29 is 31.1 Å². The summed E-state index contributed by atoms with van der Waals surface area (Å²) in [6.07, 6.45) is -7.54. The second kappa shape index (κ2) is 7.14. The van der Waals surface area contributed by atoms with Gasteiger partial charge in [-0.1, -0.05) is 0 Å². The fourth-order valence-electron chi connectivity index (χ4n) is 1.98. The van der Waals surface area contributed by atoms with Gasteiger partial charge < -0.3 is 5.32 Å². The summed E-state index contributed by atoms with van der Waals surface area (Å²) in [4.78, 5) is 26.5. The molecule has 0 aliphatic carbocycles. The number of anilines is 1. The number of aromatic nitrogens is 4. The van der Waals surface area contributed by atoms with Gasteiger partial charge in [-0.2, -0.15) is 26.3 Å². The lowest BCUT2D eigenvalue weighted by molar-refractivity contribution is -0.141. The van der Waals surface area contributed by atoms with Crippen molar-refractivity contribution in [2.75, 3.05) is 5.32 Å². The zero-order valence-corrected chi connectivity index (χ0v) is 14.2. The molecule has 146 valence electrons. The summed E-state index contributed by atoms with van der Waals surface area (Å²) in [5.41, 5.74) is -1.94. The average Bonchev–Trinajstić information content (AvgIpc) is 3.15. The number of hydrogen-bond acceptors (Lipinski definition) is 6. The van der Waals surface area contributed by atoms with E-state index in [-0.39, 0.29) is 16.4 Å². The molecular formula is C15H7F6N5OS. The molecule has 0 aliphatic heterocycles. The van der Waals surface area contributed by atoms with Gasteiger partial charge in [0.1, 0.15) is 17.1 Å². The second-order valence-electron chi connectivity index (χ2n) is 5.21. The van der Waals surface area contributed by atoms with Crippen molar-refractivity contribution in [1.29, 1.82) is 0 Å². The first-order valence-corrected chi connectivity index (χ1v) is 8.12. The van der Waals surface area contributed by atoms with Crippen molar-refractivity contribution in [3.63, 3.8) is 0 Å². The van der Waals surface area contributed by atoms with E-state index in [4.69, 9.17) is 0 Å². The van der Waals surface area contributed by atoms with E-state index in [1.165, 1.54) is 11.7 Å². The summed E-state index contributed by atoms with van der Waals surface area (Å²) in [6.45, 7) is 0. The maximum Gasteiger partial charge on any atom is 0.433 e. The van der Waals surface area contributed by atoms with Crippen molar-refractivity contribution in [2.45, 2.75) is 12.4 Å². The summed E-state index contributed by atoms with van der Waals surface area (Å²) in [5, 5.41) is 2.15. The molecular weight excluding hydrogens is 412 g/mol. The van der Waals surface area contributed by atoms with Crippen molar-refractivity contribution in [3.8, 4) is 10.7 Å². The number of rotatable bonds is 3. The summed E-state index contributed by atoms with van der Waals surface area (Å²) in [7, 11) is 0. The van der Waals surface area contributed by atoms with E-state index in [0.717, 1.165) is 23.6 Å². The number of nitrogens with one attached hydrogen (secondary N) is 1. The fourth-order valence-corrected chi connectivity index (χ4v) is 2.53. The first-order valence-electron chi connectivity index (χ1n) is 7.24. The van der Waals surface area contributed by atoms with E-state index < -0.39 is 35.3 Å². The van der Waals surface area contributed by atoms with Gasteiger partial charge >= 0.3 is 12.4 Å². The Kier molecular flexibility index (Phi) is 5.02. The normalized spacial score (nSPS) is 12.1. The van der Waals surface area contributed by atoms with Crippen LogP contribution in [0.4, 0.5) is 32.0 Å². The van der Waals surface area contributed by atoms with Gasteiger partial charge in [-0.25, -0.2) is 15.0 Å². The predicted molar refractivity (Wildman–Crippen MR) is 85.3 cm³/mol. The van der Waals surface area contributed by atoms with Gasteiger partial charge in [0.25, 0.3) is 5.91 Å². The van der Waals surface area contributed by atoms with Crippen LogP contribution >= 0.6 is 11.3 Å². The standard InChI is InChI=1S/C15H7F6N5OS/c16-14(17,18)10-2-1-7(4-23-10)24-13(27)8-3-11(15(19,20)21)26-12(25-8)9-5-22-6-28-9/h1-6H,(H,24,27). The van der Waals surface area contributed by atoms with Crippen LogP contribution in [0.2, 0.25) is 0 Å². The molecule has 3 aromatic rings. The quantitative estimate of drug-likeness (QED) is 0.641. The molecule has 3 aromatic heterocycles. The van der Waals surface area contributed by atoms with Crippen LogP contribution in [0.1, 0.15) is 21.9 Å². The Labute approximate surface area is 156 Å². The van der Waals surface area contributed by atoms with Gasteiger partial charge in [-0.05, 0) is 12.1 Å². The smallest absolute Gasteiger partial charge is 0.319 e. The Morgan fingerprint density at radius 3 is 2.21 bits per heavy atom. The third kappa shape index (κ3) is 4.42. The van der Waals surface area contributed by atoms with E-state index in [1.54, 1.807) is 0 Å². The largest absolute Gasteiger partial charge is 0.433 e. The summed E-state index contributed by atoms with van der Waals surface area (Å²) in [6, 6.07) is 1.99. The van der Waals surface area contributed by atoms with Crippen LogP contribution in [0.15, 0.2) is 36.1 Å². The monoisotopic (exact) mass is 419 g/mol. The molecule has 0 aromatic carbocycles. The van der Waals surface area contributed by atoms with E-state index in [1.807, 2.05) is 0 Å². The molecule has 3 heterocycles. The molecule has 0 unspecified atom stereocenters. The molecule has 0 bridgehead atoms. The van der Waals surface area contributed by atoms with E-state index in [2.05, 4.69) is 25.3 Å². The highest BCUT2D eigenvalue weighted by molar-refractivity contribution is 7.13. The molecule has 0 atom stereocenters. The van der Waals surface area contributed by atoms with Gasteiger partial charge in [0.05, 0.1) is 22.3 Å². The number of carbonyl (C=O) groups is 1. The molecule has 0 saturated heterocycles. The van der Waals surface area contributed by atoms with Crippen LogP contribution in [0.5, 0.6) is 0 Å². The van der Waals surface area contributed by atoms with E-state index >= 15 is 0 Å². The molecule has 0 spiro atoms. The maximum absolute atomic E-state index is 13.1. The van der Waals surface area contributed by atoms with Crippen LogP contribution in [0.3, 0.4) is 0 Å². The number of halogens is 6. The lowest BCUT2D eigenvalue weighted by atomic mass is 10.2. The third-order valence-electron chi connectivity index (χ3n) is 3.21. The summed E-state index contributed by atoms with van der Waals surface area (Å²) in [5.74, 6) is -1.42. The Hall–Kier alpha value is -3.09.